The smallest absolute Gasteiger partial charge is 0.320 e. The second-order valence-corrected chi connectivity index (χ2v) is 2.88. The minimum absolute atomic E-state index is 0.227. The summed E-state index contributed by atoms with van der Waals surface area (Å²) in [5.41, 5.74) is 0. The molecule has 2 fully saturated rings. The molecular weight excluding hydrogens is 118 g/mol. The Bertz CT molecular complexity index is 157. The number of hydrogen-bond acceptors (Lipinski definition) is 2. The summed E-state index contributed by atoms with van der Waals surface area (Å²) in [4.78, 5) is 10.4. The molecule has 0 aromatic carbocycles. The molecule has 0 bridgehead atoms. The number of piperidine rings is 1. The van der Waals surface area contributed by atoms with Crippen LogP contribution in [-0.4, -0.2) is 23.7 Å². The summed E-state index contributed by atoms with van der Waals surface area (Å²) in [6, 6.07) is -0.227. The number of rotatable bonds is 1. The molecule has 2 rings (SSSR count). The number of carbonyl (C=O) groups is 1. The van der Waals surface area contributed by atoms with Crippen molar-refractivity contribution in [1.29, 1.82) is 0 Å². The quantitative estimate of drug-likeness (QED) is 0.507. The van der Waals surface area contributed by atoms with Crippen LogP contribution in [0.15, 0.2) is 0 Å². The van der Waals surface area contributed by atoms with Crippen LogP contribution in [0.5, 0.6) is 0 Å². The minimum atomic E-state index is -0.681. The molecule has 2 aliphatic rings. The van der Waals surface area contributed by atoms with Crippen LogP contribution in [0.4, 0.5) is 0 Å². The predicted molar refractivity (Wildman–Crippen MR) is 31.0 cm³/mol. The van der Waals surface area contributed by atoms with Crippen LogP contribution in [0, 0.1) is 11.8 Å². The van der Waals surface area contributed by atoms with Crippen molar-refractivity contribution in [1.82, 2.24) is 5.32 Å². The Hall–Kier alpha value is -0.570. The third-order valence-electron chi connectivity index (χ3n) is 2.27. The van der Waals surface area contributed by atoms with Crippen molar-refractivity contribution >= 4 is 5.97 Å². The Labute approximate surface area is 53.1 Å². The summed E-state index contributed by atoms with van der Waals surface area (Å²) in [6.45, 7) is 0.918. The first-order chi connectivity index (χ1) is 4.29. The second-order valence-electron chi connectivity index (χ2n) is 2.88. The molecule has 50 valence electrons. The highest BCUT2D eigenvalue weighted by Gasteiger charge is 2.51. The summed E-state index contributed by atoms with van der Waals surface area (Å²) in [7, 11) is 0. The van der Waals surface area contributed by atoms with E-state index in [4.69, 9.17) is 5.11 Å². The lowest BCUT2D eigenvalue weighted by Crippen LogP contribution is -2.34. The van der Waals surface area contributed by atoms with Crippen molar-refractivity contribution in [3.63, 3.8) is 0 Å². The van der Waals surface area contributed by atoms with E-state index in [0.717, 1.165) is 13.0 Å². The van der Waals surface area contributed by atoms with Gasteiger partial charge in [-0.3, -0.25) is 4.79 Å². The second kappa shape index (κ2) is 1.48. The summed E-state index contributed by atoms with van der Waals surface area (Å²) in [5.74, 6) is 0.466. The Kier molecular flexibility index (Phi) is 0.858. The lowest BCUT2D eigenvalue weighted by Gasteiger charge is -2.04. The van der Waals surface area contributed by atoms with E-state index in [-0.39, 0.29) is 6.04 Å². The fraction of sp³-hybridized carbons (Fsp3) is 0.833. The maximum Gasteiger partial charge on any atom is 0.320 e. The van der Waals surface area contributed by atoms with Crippen molar-refractivity contribution < 1.29 is 9.90 Å². The van der Waals surface area contributed by atoms with E-state index in [2.05, 4.69) is 5.32 Å². The van der Waals surface area contributed by atoms with Gasteiger partial charge in [-0.25, -0.2) is 0 Å². The van der Waals surface area contributed by atoms with Gasteiger partial charge in [-0.2, -0.15) is 0 Å². The molecule has 9 heavy (non-hydrogen) atoms. The van der Waals surface area contributed by atoms with Gasteiger partial charge in [-0.15, -0.1) is 0 Å². The molecule has 3 heteroatoms. The van der Waals surface area contributed by atoms with Crippen LogP contribution in [0.1, 0.15) is 6.42 Å². The lowest BCUT2D eigenvalue weighted by molar-refractivity contribution is -0.139. The van der Waals surface area contributed by atoms with Gasteiger partial charge in [0.05, 0.1) is 0 Å². The molecule has 3 nitrogen and oxygen atoms in total. The zero-order valence-electron chi connectivity index (χ0n) is 5.00. The van der Waals surface area contributed by atoms with Crippen LogP contribution in [-0.2, 0) is 4.79 Å². The van der Waals surface area contributed by atoms with Gasteiger partial charge in [-0.05, 0) is 24.8 Å². The van der Waals surface area contributed by atoms with Crippen LogP contribution in [0.3, 0.4) is 0 Å². The van der Waals surface area contributed by atoms with Crippen molar-refractivity contribution in [2.24, 2.45) is 11.8 Å². The molecule has 0 spiro atoms. The summed E-state index contributed by atoms with van der Waals surface area (Å²) in [6.07, 6.45) is 1.13. The topological polar surface area (TPSA) is 49.3 Å². The molecule has 0 aromatic rings. The third kappa shape index (κ3) is 0.645. The monoisotopic (exact) mass is 127 g/mol. The highest BCUT2D eigenvalue weighted by Crippen LogP contribution is 2.44. The van der Waals surface area contributed by atoms with Crippen molar-refractivity contribution in [2.45, 2.75) is 12.5 Å². The minimum Gasteiger partial charge on any atom is -0.480 e. The van der Waals surface area contributed by atoms with Gasteiger partial charge in [0.2, 0.25) is 0 Å². The van der Waals surface area contributed by atoms with Gasteiger partial charge < -0.3 is 10.4 Å². The van der Waals surface area contributed by atoms with E-state index in [1.165, 1.54) is 0 Å². The van der Waals surface area contributed by atoms with E-state index in [9.17, 15) is 4.79 Å². The first-order valence-corrected chi connectivity index (χ1v) is 3.25. The molecule has 0 unspecified atom stereocenters. The van der Waals surface area contributed by atoms with Crippen LogP contribution in [0.25, 0.3) is 0 Å². The van der Waals surface area contributed by atoms with Gasteiger partial charge in [0.15, 0.2) is 0 Å². The number of aliphatic carboxylic acids is 1. The van der Waals surface area contributed by atoms with E-state index in [1.807, 2.05) is 0 Å². The largest absolute Gasteiger partial charge is 0.480 e. The number of carboxylic acid groups (broad SMARTS) is 1. The first kappa shape index (κ1) is 5.23. The molecule has 0 aromatic heterocycles. The average Bonchev–Trinajstić information content (AvgIpc) is 2.43. The van der Waals surface area contributed by atoms with Gasteiger partial charge in [-0.1, -0.05) is 0 Å². The van der Waals surface area contributed by atoms with E-state index >= 15 is 0 Å². The fourth-order valence-corrected chi connectivity index (χ4v) is 1.61. The van der Waals surface area contributed by atoms with Crippen molar-refractivity contribution in [2.75, 3.05) is 6.54 Å². The predicted octanol–water partition coefficient (Wildman–Crippen LogP) is -0.321. The molecule has 0 amide bonds. The zero-order valence-corrected chi connectivity index (χ0v) is 5.00. The van der Waals surface area contributed by atoms with Gasteiger partial charge >= 0.3 is 5.97 Å². The molecule has 1 heterocycles. The van der Waals surface area contributed by atoms with Crippen LogP contribution >= 0.6 is 0 Å². The Morgan fingerprint density at radius 3 is 2.67 bits per heavy atom. The molecule has 1 saturated carbocycles. The molecule has 2 N–H and O–H groups in total. The number of hydrogen-bond donors (Lipinski definition) is 2. The summed E-state index contributed by atoms with van der Waals surface area (Å²) < 4.78 is 0. The molecule has 1 aliphatic heterocycles. The van der Waals surface area contributed by atoms with E-state index < -0.39 is 5.97 Å². The van der Waals surface area contributed by atoms with E-state index in [0.29, 0.717) is 11.8 Å². The lowest BCUT2D eigenvalue weighted by atomic mass is 10.2. The van der Waals surface area contributed by atoms with Crippen LogP contribution < -0.4 is 5.32 Å². The Morgan fingerprint density at radius 1 is 1.67 bits per heavy atom. The highest BCUT2D eigenvalue weighted by molar-refractivity contribution is 5.75. The van der Waals surface area contributed by atoms with E-state index in [1.54, 1.807) is 0 Å². The zero-order chi connectivity index (χ0) is 6.43. The molecule has 0 radical (unpaired) electrons. The molecule has 1 saturated heterocycles. The summed E-state index contributed by atoms with van der Waals surface area (Å²) >= 11 is 0. The standard InChI is InChI=1S/C6H9NO2/c8-6(9)5-4-1-3(4)2-7-5/h3-5,7H,1-2H2,(H,8,9)/t3-,4-,5+/m1/s1. The van der Waals surface area contributed by atoms with Crippen molar-refractivity contribution in [3.05, 3.63) is 0 Å². The Balaban J connectivity index is 2.06. The Morgan fingerprint density at radius 2 is 2.44 bits per heavy atom. The maximum atomic E-state index is 10.4. The highest BCUT2D eigenvalue weighted by atomic mass is 16.4. The average molecular weight is 127 g/mol. The van der Waals surface area contributed by atoms with Gasteiger partial charge in [0.25, 0.3) is 0 Å². The number of carboxylic acids is 1. The first-order valence-electron chi connectivity index (χ1n) is 3.25. The number of fused-ring (bicyclic) bond motifs is 1. The summed E-state index contributed by atoms with van der Waals surface area (Å²) in [5, 5.41) is 11.5. The molecular formula is C6H9NO2. The van der Waals surface area contributed by atoms with Gasteiger partial charge in [0, 0.05) is 0 Å². The number of nitrogens with one attached hydrogen (secondary N) is 1. The molecule has 3 atom stereocenters. The van der Waals surface area contributed by atoms with Crippen molar-refractivity contribution in [3.8, 4) is 0 Å². The van der Waals surface area contributed by atoms with Crippen LogP contribution in [0.2, 0.25) is 0 Å². The maximum absolute atomic E-state index is 10.4. The normalized spacial score (nSPS) is 46.4. The fourth-order valence-electron chi connectivity index (χ4n) is 1.61. The van der Waals surface area contributed by atoms with Gasteiger partial charge in [0.1, 0.15) is 6.04 Å². The SMILES string of the molecule is O=C(O)[C@H]1NC[C@H]2C[C@H]21. The third-order valence-corrected chi connectivity index (χ3v) is 2.27. The molecule has 1 aliphatic carbocycles.